The van der Waals surface area contributed by atoms with Gasteiger partial charge in [-0.15, -0.1) is 0 Å². The number of rotatable bonds is 2. The Hall–Kier alpha value is -2.00. The van der Waals surface area contributed by atoms with E-state index in [4.69, 9.17) is 11.6 Å². The average Bonchev–Trinajstić information content (AvgIpc) is 3.01. The first-order valence-electron chi connectivity index (χ1n) is 7.95. The molecule has 0 unspecified atom stereocenters. The number of carbonyl (C=O) groups is 1. The van der Waals surface area contributed by atoms with E-state index >= 15 is 0 Å². The Balaban J connectivity index is 1.78. The molecule has 2 aromatic rings. The van der Waals surface area contributed by atoms with Crippen molar-refractivity contribution in [1.29, 1.82) is 0 Å². The first-order chi connectivity index (χ1) is 11.0. The van der Waals surface area contributed by atoms with Crippen molar-refractivity contribution < 1.29 is 4.79 Å². The summed E-state index contributed by atoms with van der Waals surface area (Å²) >= 11 is 6.03. The van der Waals surface area contributed by atoms with Crippen LogP contribution in [0.5, 0.6) is 0 Å². The van der Waals surface area contributed by atoms with E-state index in [1.165, 1.54) is 11.1 Å². The fourth-order valence-electron chi connectivity index (χ4n) is 3.06. The number of amides is 2. The van der Waals surface area contributed by atoms with E-state index < -0.39 is 0 Å². The SMILES string of the molecule is Cc1ccc([C@@H]2CCCN2C(=O)Nc2cc(Cl)ccc2C)cc1. The molecule has 3 rings (SSSR count). The Morgan fingerprint density at radius 1 is 1.17 bits per heavy atom. The summed E-state index contributed by atoms with van der Waals surface area (Å²) in [4.78, 5) is 14.6. The van der Waals surface area contributed by atoms with Crippen molar-refractivity contribution in [2.24, 2.45) is 0 Å². The third-order valence-electron chi connectivity index (χ3n) is 4.42. The van der Waals surface area contributed by atoms with Gasteiger partial charge >= 0.3 is 6.03 Å². The van der Waals surface area contributed by atoms with E-state index in [-0.39, 0.29) is 12.1 Å². The number of carbonyl (C=O) groups excluding carboxylic acids is 1. The maximum absolute atomic E-state index is 12.7. The summed E-state index contributed by atoms with van der Waals surface area (Å²) in [5.41, 5.74) is 4.22. The fraction of sp³-hybridized carbons (Fsp3) is 0.316. The molecule has 120 valence electrons. The van der Waals surface area contributed by atoms with Crippen LogP contribution in [0.2, 0.25) is 5.02 Å². The number of urea groups is 1. The number of nitrogens with zero attached hydrogens (tertiary/aromatic N) is 1. The Kier molecular flexibility index (Phi) is 4.58. The molecule has 1 N–H and O–H groups in total. The van der Waals surface area contributed by atoms with Crippen molar-refractivity contribution in [3.8, 4) is 0 Å². The molecule has 1 saturated heterocycles. The molecule has 0 aliphatic carbocycles. The highest BCUT2D eigenvalue weighted by Crippen LogP contribution is 2.33. The Labute approximate surface area is 142 Å². The maximum atomic E-state index is 12.7. The van der Waals surface area contributed by atoms with Crippen molar-refractivity contribution >= 4 is 23.3 Å². The van der Waals surface area contributed by atoms with E-state index in [0.29, 0.717) is 5.02 Å². The van der Waals surface area contributed by atoms with Gasteiger partial charge in [-0.2, -0.15) is 0 Å². The van der Waals surface area contributed by atoms with Crippen LogP contribution in [0.25, 0.3) is 0 Å². The van der Waals surface area contributed by atoms with Crippen LogP contribution >= 0.6 is 11.6 Å². The van der Waals surface area contributed by atoms with Gasteiger partial charge in [-0.1, -0.05) is 47.5 Å². The van der Waals surface area contributed by atoms with Gasteiger partial charge in [-0.3, -0.25) is 0 Å². The normalized spacial score (nSPS) is 17.3. The maximum Gasteiger partial charge on any atom is 0.322 e. The number of hydrogen-bond acceptors (Lipinski definition) is 1. The van der Waals surface area contributed by atoms with Crippen molar-refractivity contribution in [3.63, 3.8) is 0 Å². The van der Waals surface area contributed by atoms with Crippen LogP contribution in [0.3, 0.4) is 0 Å². The summed E-state index contributed by atoms with van der Waals surface area (Å²) in [6.07, 6.45) is 2.03. The van der Waals surface area contributed by atoms with Gasteiger partial charge in [0, 0.05) is 17.3 Å². The molecule has 1 atom stereocenters. The molecule has 1 aliphatic rings. The predicted octanol–water partition coefficient (Wildman–Crippen LogP) is 5.33. The van der Waals surface area contributed by atoms with Crippen LogP contribution in [-0.4, -0.2) is 17.5 Å². The quantitative estimate of drug-likeness (QED) is 0.794. The zero-order valence-corrected chi connectivity index (χ0v) is 14.2. The molecule has 0 radical (unpaired) electrons. The Morgan fingerprint density at radius 2 is 1.91 bits per heavy atom. The number of nitrogens with one attached hydrogen (secondary N) is 1. The van der Waals surface area contributed by atoms with Crippen LogP contribution in [0.15, 0.2) is 42.5 Å². The average molecular weight is 329 g/mol. The second kappa shape index (κ2) is 6.63. The number of anilines is 1. The lowest BCUT2D eigenvalue weighted by atomic mass is 10.0. The lowest BCUT2D eigenvalue weighted by Crippen LogP contribution is -2.34. The zero-order chi connectivity index (χ0) is 16.4. The van der Waals surface area contributed by atoms with Crippen molar-refractivity contribution in [2.45, 2.75) is 32.7 Å². The van der Waals surface area contributed by atoms with E-state index in [2.05, 4.69) is 36.5 Å². The summed E-state index contributed by atoms with van der Waals surface area (Å²) < 4.78 is 0. The molecule has 2 aromatic carbocycles. The highest BCUT2D eigenvalue weighted by molar-refractivity contribution is 6.31. The number of hydrogen-bond donors (Lipinski definition) is 1. The Morgan fingerprint density at radius 3 is 2.65 bits per heavy atom. The molecule has 3 nitrogen and oxygen atoms in total. The summed E-state index contributed by atoms with van der Waals surface area (Å²) in [5, 5.41) is 3.63. The van der Waals surface area contributed by atoms with Crippen molar-refractivity contribution in [1.82, 2.24) is 4.90 Å². The number of benzene rings is 2. The predicted molar refractivity (Wildman–Crippen MR) is 95.1 cm³/mol. The van der Waals surface area contributed by atoms with E-state index in [1.54, 1.807) is 6.07 Å². The van der Waals surface area contributed by atoms with Gasteiger partial charge in [0.25, 0.3) is 0 Å². The molecule has 0 bridgehead atoms. The number of aryl methyl sites for hydroxylation is 2. The minimum absolute atomic E-state index is 0.0570. The first kappa shape index (κ1) is 15.9. The third-order valence-corrected chi connectivity index (χ3v) is 4.65. The third kappa shape index (κ3) is 3.50. The highest BCUT2D eigenvalue weighted by atomic mass is 35.5. The van der Waals surface area contributed by atoms with Gasteiger partial charge in [0.1, 0.15) is 0 Å². The topological polar surface area (TPSA) is 32.3 Å². The van der Waals surface area contributed by atoms with Gasteiger partial charge in [0.05, 0.1) is 6.04 Å². The monoisotopic (exact) mass is 328 g/mol. The van der Waals surface area contributed by atoms with E-state index in [9.17, 15) is 4.79 Å². The minimum Gasteiger partial charge on any atom is -0.317 e. The molecule has 1 aliphatic heterocycles. The van der Waals surface area contributed by atoms with E-state index in [0.717, 1.165) is 30.6 Å². The number of halogens is 1. The molecule has 0 spiro atoms. The lowest BCUT2D eigenvalue weighted by molar-refractivity contribution is 0.207. The molecular formula is C19H21ClN2O. The van der Waals surface area contributed by atoms with Crippen LogP contribution in [0.1, 0.15) is 35.6 Å². The largest absolute Gasteiger partial charge is 0.322 e. The summed E-state index contributed by atoms with van der Waals surface area (Å²) in [7, 11) is 0. The first-order valence-corrected chi connectivity index (χ1v) is 8.33. The molecule has 4 heteroatoms. The van der Waals surface area contributed by atoms with Crippen LogP contribution in [0.4, 0.5) is 10.5 Å². The van der Waals surface area contributed by atoms with Crippen LogP contribution in [0, 0.1) is 13.8 Å². The smallest absolute Gasteiger partial charge is 0.317 e. The van der Waals surface area contributed by atoms with Crippen LogP contribution < -0.4 is 5.32 Å². The molecule has 1 heterocycles. The van der Waals surface area contributed by atoms with Crippen LogP contribution in [-0.2, 0) is 0 Å². The van der Waals surface area contributed by atoms with Gasteiger partial charge < -0.3 is 10.2 Å². The second-order valence-electron chi connectivity index (χ2n) is 6.15. The van der Waals surface area contributed by atoms with Gasteiger partial charge in [0.2, 0.25) is 0 Å². The molecular weight excluding hydrogens is 308 g/mol. The minimum atomic E-state index is -0.0570. The lowest BCUT2D eigenvalue weighted by Gasteiger charge is -2.26. The molecule has 2 amide bonds. The van der Waals surface area contributed by atoms with Gasteiger partial charge in [0.15, 0.2) is 0 Å². The number of likely N-dealkylation sites (tertiary alicyclic amines) is 1. The van der Waals surface area contributed by atoms with Gasteiger partial charge in [-0.25, -0.2) is 4.79 Å². The zero-order valence-electron chi connectivity index (χ0n) is 13.5. The second-order valence-corrected chi connectivity index (χ2v) is 6.59. The van der Waals surface area contributed by atoms with Gasteiger partial charge in [-0.05, 0) is 49.9 Å². The fourth-order valence-corrected chi connectivity index (χ4v) is 3.23. The summed E-state index contributed by atoms with van der Waals surface area (Å²) in [5.74, 6) is 0. The van der Waals surface area contributed by atoms with Crippen molar-refractivity contribution in [3.05, 3.63) is 64.2 Å². The van der Waals surface area contributed by atoms with E-state index in [1.807, 2.05) is 24.0 Å². The summed E-state index contributed by atoms with van der Waals surface area (Å²) in [6.45, 7) is 4.82. The standard InChI is InChI=1S/C19H21ClN2O/c1-13-5-8-15(9-6-13)18-4-3-11-22(18)19(23)21-17-12-16(20)10-7-14(17)2/h5-10,12,18H,3-4,11H2,1-2H3,(H,21,23)/t18-/m0/s1. The molecule has 0 aromatic heterocycles. The molecule has 0 saturated carbocycles. The van der Waals surface area contributed by atoms with Crippen molar-refractivity contribution in [2.75, 3.05) is 11.9 Å². The molecule has 1 fully saturated rings. The highest BCUT2D eigenvalue weighted by Gasteiger charge is 2.30. The molecule has 23 heavy (non-hydrogen) atoms. The summed E-state index contributed by atoms with van der Waals surface area (Å²) in [6, 6.07) is 14.1. The Bertz CT molecular complexity index is 712.